The van der Waals surface area contributed by atoms with Crippen molar-refractivity contribution in [2.24, 2.45) is 0 Å². The fourth-order valence-corrected chi connectivity index (χ4v) is 0. The van der Waals surface area contributed by atoms with Gasteiger partial charge in [-0.05, 0) is 0 Å². The first-order valence-electron chi connectivity index (χ1n) is 0.698. The van der Waals surface area contributed by atoms with E-state index in [1.807, 2.05) is 0 Å². The van der Waals surface area contributed by atoms with E-state index < -0.39 is 10.4 Å². The van der Waals surface area contributed by atoms with Crippen molar-refractivity contribution in [2.75, 3.05) is 0 Å². The van der Waals surface area contributed by atoms with Crippen molar-refractivity contribution in [3.05, 3.63) is 0 Å². The molecule has 34 valence electrons. The van der Waals surface area contributed by atoms with E-state index in [0.717, 1.165) is 0 Å². The quantitative estimate of drug-likeness (QED) is 0.260. The largest absolute Gasteiger partial charge is 1.00 e. The van der Waals surface area contributed by atoms with Crippen LogP contribution in [0.15, 0.2) is 0 Å². The van der Waals surface area contributed by atoms with Gasteiger partial charge in [-0.15, -0.1) is 0 Å². The van der Waals surface area contributed by atoms with E-state index in [2.05, 4.69) is 0 Å². The second-order valence-electron chi connectivity index (χ2n) is 0.448. The van der Waals surface area contributed by atoms with Gasteiger partial charge in [-0.3, -0.25) is 9.11 Å². The van der Waals surface area contributed by atoms with Crippen LogP contribution in [0.1, 0.15) is 2.85 Å². The second-order valence-corrected chi connectivity index (χ2v) is 1.34. The summed E-state index contributed by atoms with van der Waals surface area (Å²) in [5.41, 5.74) is 0. The molecule has 0 spiro atoms. The van der Waals surface area contributed by atoms with E-state index in [9.17, 15) is 0 Å². The molecule has 0 fully saturated rings. The van der Waals surface area contributed by atoms with Crippen molar-refractivity contribution in [3.8, 4) is 0 Å². The van der Waals surface area contributed by atoms with Gasteiger partial charge < -0.3 is 1.43 Å². The SMILES string of the molecule is O=S(=O)(O)O.[H+].[H-].[Na+]. The van der Waals surface area contributed by atoms with Gasteiger partial charge in [0, 0.05) is 0 Å². The van der Waals surface area contributed by atoms with Gasteiger partial charge in [-0.2, -0.15) is 8.42 Å². The molecule has 0 radical (unpaired) electrons. The molecule has 0 heterocycles. The number of rotatable bonds is 0. The Kier molecular flexibility index (Phi) is 4.91. The zero-order valence-corrected chi connectivity index (χ0v) is 5.94. The Morgan fingerprint density at radius 1 is 1.50 bits per heavy atom. The molecule has 0 unspecified atom stereocenters. The van der Waals surface area contributed by atoms with Crippen LogP contribution < -0.4 is 29.6 Å². The Bertz CT molecular complexity index is 97.2. The summed E-state index contributed by atoms with van der Waals surface area (Å²) in [5.74, 6) is 0. The molecule has 0 aromatic rings. The van der Waals surface area contributed by atoms with Crippen LogP contribution in [0.3, 0.4) is 0 Å². The molecule has 6 heavy (non-hydrogen) atoms. The van der Waals surface area contributed by atoms with Crippen LogP contribution in [0.5, 0.6) is 0 Å². The molecule has 0 aromatic heterocycles. The summed E-state index contributed by atoms with van der Waals surface area (Å²) >= 11 is 0. The van der Waals surface area contributed by atoms with E-state index in [0.29, 0.717) is 0 Å². The van der Waals surface area contributed by atoms with Gasteiger partial charge in [0.25, 0.3) is 0 Å². The van der Waals surface area contributed by atoms with E-state index in [1.54, 1.807) is 0 Å². The van der Waals surface area contributed by atoms with Gasteiger partial charge in [0.1, 0.15) is 0 Å². The van der Waals surface area contributed by atoms with Crippen molar-refractivity contribution in [1.82, 2.24) is 0 Å². The van der Waals surface area contributed by atoms with Gasteiger partial charge in [-0.25, -0.2) is 0 Å². The Morgan fingerprint density at radius 3 is 1.50 bits per heavy atom. The summed E-state index contributed by atoms with van der Waals surface area (Å²) in [5, 5.41) is 0. The average molecular weight is 123 g/mol. The van der Waals surface area contributed by atoms with Crippen molar-refractivity contribution in [2.45, 2.75) is 0 Å². The molecule has 4 nitrogen and oxygen atoms in total. The standard InChI is InChI=1S/Na.H2O4S.H/c;1-5(2,3)4;/h;(H2,1,2,3,4);/q+1;;-1/p+1. The summed E-state index contributed by atoms with van der Waals surface area (Å²) < 4.78 is 31.6. The van der Waals surface area contributed by atoms with E-state index >= 15 is 0 Å². The van der Waals surface area contributed by atoms with Gasteiger partial charge in [0.2, 0.25) is 0 Å². The smallest absolute Gasteiger partial charge is 1.00 e. The average Bonchev–Trinajstić information content (AvgIpc) is 0.722. The zero-order chi connectivity index (χ0) is 4.50. The first kappa shape index (κ1) is 9.98. The summed E-state index contributed by atoms with van der Waals surface area (Å²) in [6, 6.07) is 0. The molecule has 0 bridgehead atoms. The fraction of sp³-hybridized carbons (Fsp3) is 0. The van der Waals surface area contributed by atoms with Crippen molar-refractivity contribution in [3.63, 3.8) is 0 Å². The summed E-state index contributed by atoms with van der Waals surface area (Å²) in [7, 11) is -4.67. The molecule has 0 saturated heterocycles. The maximum atomic E-state index is 8.74. The van der Waals surface area contributed by atoms with Crippen LogP contribution >= 0.6 is 0 Å². The zero-order valence-electron chi connectivity index (χ0n) is 5.12. The third-order valence-electron chi connectivity index (χ3n) is 0. The van der Waals surface area contributed by atoms with Gasteiger partial charge in [0.15, 0.2) is 0 Å². The number of hydrogen-bond acceptors (Lipinski definition) is 2. The molecule has 0 aliphatic heterocycles. The third-order valence-corrected chi connectivity index (χ3v) is 0. The molecular weight excluding hydrogens is 119 g/mol. The number of hydrogen-bond donors (Lipinski definition) is 2. The topological polar surface area (TPSA) is 74.6 Å². The third kappa shape index (κ3) is 96.4. The molecule has 0 amide bonds. The second kappa shape index (κ2) is 2.95. The molecule has 0 atom stereocenters. The molecule has 0 aromatic carbocycles. The van der Waals surface area contributed by atoms with Gasteiger partial charge >= 0.3 is 41.4 Å². The summed E-state index contributed by atoms with van der Waals surface area (Å²) in [6.07, 6.45) is 0. The van der Waals surface area contributed by atoms with Crippen molar-refractivity contribution >= 4 is 10.4 Å². The normalized spacial score (nSPS) is 9.67. The maximum Gasteiger partial charge on any atom is 1.00 e. The molecule has 0 saturated carbocycles. The van der Waals surface area contributed by atoms with E-state index in [1.165, 1.54) is 0 Å². The van der Waals surface area contributed by atoms with Crippen LogP contribution in [0.25, 0.3) is 0 Å². The van der Waals surface area contributed by atoms with E-state index in [-0.39, 0.29) is 32.4 Å². The molecular formula is H4NaO4S+. The maximum absolute atomic E-state index is 8.74. The van der Waals surface area contributed by atoms with Crippen molar-refractivity contribution in [1.29, 1.82) is 0 Å². The minimum absolute atomic E-state index is 0. The molecule has 0 aliphatic rings. The molecule has 6 heteroatoms. The Hall–Kier alpha value is 0.870. The van der Waals surface area contributed by atoms with Gasteiger partial charge in [0.05, 0.1) is 0 Å². The first-order valence-corrected chi connectivity index (χ1v) is 2.10. The van der Waals surface area contributed by atoms with Crippen molar-refractivity contribution < 1.29 is 49.9 Å². The van der Waals surface area contributed by atoms with E-state index in [4.69, 9.17) is 17.5 Å². The summed E-state index contributed by atoms with van der Waals surface area (Å²) in [4.78, 5) is 0. The predicted octanol–water partition coefficient (Wildman–Crippen LogP) is -3.42. The van der Waals surface area contributed by atoms with Crippen LogP contribution in [0.2, 0.25) is 0 Å². The predicted molar refractivity (Wildman–Crippen MR) is 16.4 cm³/mol. The Labute approximate surface area is 60.4 Å². The minimum Gasteiger partial charge on any atom is -1.00 e. The minimum atomic E-state index is -4.67. The first-order chi connectivity index (χ1) is 2.00. The van der Waals surface area contributed by atoms with Crippen LogP contribution in [-0.2, 0) is 10.4 Å². The monoisotopic (exact) mass is 123 g/mol. The molecule has 2 N–H and O–H groups in total. The Morgan fingerprint density at radius 2 is 1.50 bits per heavy atom. The summed E-state index contributed by atoms with van der Waals surface area (Å²) in [6.45, 7) is 0. The van der Waals surface area contributed by atoms with Gasteiger partial charge in [-0.1, -0.05) is 0 Å². The van der Waals surface area contributed by atoms with Crippen LogP contribution in [0, 0.1) is 0 Å². The van der Waals surface area contributed by atoms with Crippen LogP contribution in [0.4, 0.5) is 0 Å². The molecule has 0 rings (SSSR count). The Balaban J connectivity index is -0.0000000267. The molecule has 0 aliphatic carbocycles. The fourth-order valence-electron chi connectivity index (χ4n) is 0. The van der Waals surface area contributed by atoms with Crippen LogP contribution in [-0.4, -0.2) is 17.5 Å².